The molecule has 0 aliphatic rings. The number of rotatable bonds is 8. The molecule has 23 heavy (non-hydrogen) atoms. The van der Waals surface area contributed by atoms with Crippen molar-refractivity contribution in [3.05, 3.63) is 40.4 Å². The first-order valence-corrected chi connectivity index (χ1v) is 8.42. The van der Waals surface area contributed by atoms with Gasteiger partial charge in [0.25, 0.3) is 0 Å². The van der Waals surface area contributed by atoms with Crippen LogP contribution in [0.2, 0.25) is 0 Å². The molecule has 0 spiro atoms. The van der Waals surface area contributed by atoms with Gasteiger partial charge in [0.2, 0.25) is 5.13 Å². The molecule has 1 N–H and O–H groups in total. The number of aromatic nitrogens is 1. The van der Waals surface area contributed by atoms with Crippen LogP contribution in [0.1, 0.15) is 47.6 Å². The molecule has 122 valence electrons. The first-order chi connectivity index (χ1) is 11.1. The zero-order chi connectivity index (χ0) is 16.7. The Bertz CT molecular complexity index is 695. The van der Waals surface area contributed by atoms with E-state index in [1.54, 1.807) is 6.21 Å². The number of thiazole rings is 1. The van der Waals surface area contributed by atoms with Gasteiger partial charge in [-0.15, -0.1) is 0 Å². The van der Waals surface area contributed by atoms with Crippen LogP contribution >= 0.6 is 11.3 Å². The topological polar surface area (TPSA) is 63.6 Å². The van der Waals surface area contributed by atoms with Gasteiger partial charge in [0.1, 0.15) is 5.75 Å². The number of hydrogen-bond donors (Lipinski definition) is 1. The number of anilines is 1. The van der Waals surface area contributed by atoms with Crippen molar-refractivity contribution in [3.63, 3.8) is 0 Å². The summed E-state index contributed by atoms with van der Waals surface area (Å²) in [5.41, 5.74) is 4.53. The first kappa shape index (κ1) is 17.1. The quantitative estimate of drug-likeness (QED) is 0.339. The summed E-state index contributed by atoms with van der Waals surface area (Å²) in [5, 5.41) is 4.78. The van der Waals surface area contributed by atoms with Crippen molar-refractivity contribution in [2.45, 2.75) is 33.6 Å². The minimum atomic E-state index is 0.0222. The fourth-order valence-corrected chi connectivity index (χ4v) is 2.76. The van der Waals surface area contributed by atoms with Gasteiger partial charge in [0.15, 0.2) is 5.78 Å². The molecule has 1 aromatic heterocycles. The van der Waals surface area contributed by atoms with Crippen LogP contribution in [0.4, 0.5) is 5.13 Å². The molecule has 0 amide bonds. The summed E-state index contributed by atoms with van der Waals surface area (Å²) in [6.45, 7) is 6.22. The highest BCUT2D eigenvalue weighted by atomic mass is 32.1. The van der Waals surface area contributed by atoms with Gasteiger partial charge in [-0.1, -0.05) is 36.8 Å². The third-order valence-electron chi connectivity index (χ3n) is 3.11. The lowest BCUT2D eigenvalue weighted by Crippen LogP contribution is -1.97. The van der Waals surface area contributed by atoms with Crippen LogP contribution in [-0.2, 0) is 0 Å². The largest absolute Gasteiger partial charge is 0.494 e. The molecule has 0 aliphatic carbocycles. The van der Waals surface area contributed by atoms with E-state index in [9.17, 15) is 4.79 Å². The third kappa shape index (κ3) is 5.17. The molecule has 6 heteroatoms. The number of hydrogen-bond acceptors (Lipinski definition) is 6. The molecule has 0 fully saturated rings. The Morgan fingerprint density at radius 2 is 2.30 bits per heavy atom. The fraction of sp³-hybridized carbons (Fsp3) is 0.353. The van der Waals surface area contributed by atoms with Gasteiger partial charge < -0.3 is 4.74 Å². The van der Waals surface area contributed by atoms with Gasteiger partial charge >= 0.3 is 0 Å². The summed E-state index contributed by atoms with van der Waals surface area (Å²) in [4.78, 5) is 16.4. The number of carbonyl (C=O) groups is 1. The molecule has 2 rings (SSSR count). The normalized spacial score (nSPS) is 10.9. The van der Waals surface area contributed by atoms with Crippen LogP contribution in [-0.4, -0.2) is 23.6 Å². The molecular formula is C17H21N3O2S. The van der Waals surface area contributed by atoms with Crippen molar-refractivity contribution in [2.24, 2.45) is 5.10 Å². The highest BCUT2D eigenvalue weighted by Crippen LogP contribution is 2.22. The van der Waals surface area contributed by atoms with E-state index in [1.807, 2.05) is 31.2 Å². The number of nitrogens with one attached hydrogen (secondary N) is 1. The summed E-state index contributed by atoms with van der Waals surface area (Å²) in [6.07, 6.45) is 3.86. The zero-order valence-electron chi connectivity index (χ0n) is 13.6. The SMILES string of the molecule is CCCCOc1cccc(/C=N/Nc2nc(C)c(C(C)=O)s2)c1. The second kappa shape index (κ2) is 8.43. The van der Waals surface area contributed by atoms with Gasteiger partial charge in [-0.25, -0.2) is 4.98 Å². The number of nitrogens with zero attached hydrogens (tertiary/aromatic N) is 2. The van der Waals surface area contributed by atoms with E-state index in [-0.39, 0.29) is 5.78 Å². The van der Waals surface area contributed by atoms with Crippen LogP contribution in [0.25, 0.3) is 0 Å². The molecule has 2 aromatic rings. The molecule has 0 saturated heterocycles. The van der Waals surface area contributed by atoms with Crippen molar-refractivity contribution in [1.82, 2.24) is 4.98 Å². The van der Waals surface area contributed by atoms with Gasteiger partial charge in [-0.2, -0.15) is 5.10 Å². The summed E-state index contributed by atoms with van der Waals surface area (Å²) in [6, 6.07) is 7.76. The van der Waals surface area contributed by atoms with Gasteiger partial charge in [0.05, 0.1) is 23.4 Å². The molecule has 0 aliphatic heterocycles. The van der Waals surface area contributed by atoms with E-state index < -0.39 is 0 Å². The zero-order valence-corrected chi connectivity index (χ0v) is 14.4. The van der Waals surface area contributed by atoms with E-state index in [4.69, 9.17) is 4.74 Å². The van der Waals surface area contributed by atoms with Crippen molar-refractivity contribution in [3.8, 4) is 5.75 Å². The fourth-order valence-electron chi connectivity index (χ4n) is 1.95. The maximum absolute atomic E-state index is 11.4. The highest BCUT2D eigenvalue weighted by molar-refractivity contribution is 7.17. The standard InChI is InChI=1S/C17H21N3O2S/c1-4-5-9-22-15-8-6-7-14(10-15)11-18-20-17-19-12(2)16(23-17)13(3)21/h6-8,10-11H,4-5,9H2,1-3H3,(H,19,20)/b18-11+. The predicted octanol–water partition coefficient (Wildman–Crippen LogP) is 4.28. The monoisotopic (exact) mass is 331 g/mol. The maximum Gasteiger partial charge on any atom is 0.204 e. The van der Waals surface area contributed by atoms with Crippen molar-refractivity contribution in [1.29, 1.82) is 0 Å². The van der Waals surface area contributed by atoms with E-state index in [0.717, 1.165) is 36.5 Å². The van der Waals surface area contributed by atoms with Crippen LogP contribution in [0.3, 0.4) is 0 Å². The number of aryl methyl sites for hydroxylation is 1. The average Bonchev–Trinajstić information content (AvgIpc) is 2.89. The number of hydrazone groups is 1. The summed E-state index contributed by atoms with van der Waals surface area (Å²) < 4.78 is 5.67. The predicted molar refractivity (Wildman–Crippen MR) is 94.9 cm³/mol. The van der Waals surface area contributed by atoms with Gasteiger partial charge in [-0.3, -0.25) is 10.2 Å². The number of ketones is 1. The number of carbonyl (C=O) groups excluding carboxylic acids is 1. The van der Waals surface area contributed by atoms with Crippen LogP contribution in [0.15, 0.2) is 29.4 Å². The second-order valence-electron chi connectivity index (χ2n) is 5.13. The Balaban J connectivity index is 1.96. The minimum absolute atomic E-state index is 0.0222. The Morgan fingerprint density at radius 3 is 3.00 bits per heavy atom. The molecule has 1 aromatic carbocycles. The first-order valence-electron chi connectivity index (χ1n) is 7.60. The minimum Gasteiger partial charge on any atom is -0.494 e. The Kier molecular flexibility index (Phi) is 6.29. The van der Waals surface area contributed by atoms with Crippen LogP contribution in [0.5, 0.6) is 5.75 Å². The van der Waals surface area contributed by atoms with E-state index in [2.05, 4.69) is 22.4 Å². The number of unbranched alkanes of at least 4 members (excludes halogenated alkanes) is 1. The lowest BCUT2D eigenvalue weighted by atomic mass is 10.2. The Labute approximate surface area is 140 Å². The summed E-state index contributed by atoms with van der Waals surface area (Å²) in [7, 11) is 0. The second-order valence-corrected chi connectivity index (χ2v) is 6.13. The molecule has 0 bridgehead atoms. The van der Waals surface area contributed by atoms with Crippen molar-refractivity contribution >= 4 is 28.5 Å². The average molecular weight is 331 g/mol. The molecule has 1 heterocycles. The lowest BCUT2D eigenvalue weighted by Gasteiger charge is -2.05. The smallest absolute Gasteiger partial charge is 0.204 e. The van der Waals surface area contributed by atoms with Crippen LogP contribution < -0.4 is 10.2 Å². The molecule has 0 radical (unpaired) electrons. The number of Topliss-reactive ketones (excluding diaryl/α,β-unsaturated/α-hetero) is 1. The summed E-state index contributed by atoms with van der Waals surface area (Å²) >= 11 is 1.31. The van der Waals surface area contributed by atoms with E-state index in [0.29, 0.717) is 10.0 Å². The van der Waals surface area contributed by atoms with Crippen molar-refractivity contribution in [2.75, 3.05) is 12.0 Å². The maximum atomic E-state index is 11.4. The highest BCUT2D eigenvalue weighted by Gasteiger charge is 2.10. The third-order valence-corrected chi connectivity index (χ3v) is 4.28. The van der Waals surface area contributed by atoms with E-state index in [1.165, 1.54) is 18.3 Å². The Hall–Kier alpha value is -2.21. The molecule has 0 unspecified atom stereocenters. The Morgan fingerprint density at radius 1 is 1.48 bits per heavy atom. The van der Waals surface area contributed by atoms with E-state index >= 15 is 0 Å². The molecule has 5 nitrogen and oxygen atoms in total. The number of benzene rings is 1. The lowest BCUT2D eigenvalue weighted by molar-refractivity contribution is 0.102. The molecule has 0 atom stereocenters. The number of ether oxygens (including phenoxy) is 1. The summed E-state index contributed by atoms with van der Waals surface area (Å²) in [5.74, 6) is 0.861. The van der Waals surface area contributed by atoms with Crippen LogP contribution in [0, 0.1) is 6.92 Å². The van der Waals surface area contributed by atoms with Crippen molar-refractivity contribution < 1.29 is 9.53 Å². The molecular weight excluding hydrogens is 310 g/mol. The van der Waals surface area contributed by atoms with Gasteiger partial charge in [0, 0.05) is 6.92 Å². The van der Waals surface area contributed by atoms with Gasteiger partial charge in [-0.05, 0) is 31.0 Å². The molecule has 0 saturated carbocycles.